The predicted molar refractivity (Wildman–Crippen MR) is 57.9 cm³/mol. The number of carboxylic acids is 1. The van der Waals surface area contributed by atoms with Gasteiger partial charge in [0.1, 0.15) is 11.3 Å². The molecule has 0 aromatic heterocycles. The van der Waals surface area contributed by atoms with Gasteiger partial charge >= 0.3 is 5.97 Å². The second-order valence-electron chi connectivity index (χ2n) is 3.16. The molecule has 7 heteroatoms. The van der Waals surface area contributed by atoms with E-state index in [1.165, 1.54) is 6.92 Å². The molecular formula is C9H14N2O4S. The first-order chi connectivity index (χ1) is 7.42. The van der Waals surface area contributed by atoms with E-state index in [1.54, 1.807) is 6.92 Å². The molecule has 0 aliphatic heterocycles. The van der Waals surface area contributed by atoms with Crippen molar-refractivity contribution in [2.45, 2.75) is 31.6 Å². The van der Waals surface area contributed by atoms with E-state index in [4.69, 9.17) is 10.4 Å². The fourth-order valence-corrected chi connectivity index (χ4v) is 2.31. The number of carbonyl (C=O) groups excluding carboxylic acids is 1. The van der Waals surface area contributed by atoms with Gasteiger partial charge in [-0.3, -0.25) is 9.00 Å². The summed E-state index contributed by atoms with van der Waals surface area (Å²) in [7, 11) is -1.58. The molecule has 1 amide bonds. The molecule has 90 valence electrons. The second kappa shape index (κ2) is 6.95. The van der Waals surface area contributed by atoms with Crippen LogP contribution in [0, 0.1) is 11.3 Å². The van der Waals surface area contributed by atoms with E-state index >= 15 is 0 Å². The van der Waals surface area contributed by atoms with E-state index < -0.39 is 34.0 Å². The highest BCUT2D eigenvalue weighted by molar-refractivity contribution is 7.86. The lowest BCUT2D eigenvalue weighted by atomic mass is 10.3. The van der Waals surface area contributed by atoms with Crippen molar-refractivity contribution in [3.63, 3.8) is 0 Å². The third kappa shape index (κ3) is 4.89. The van der Waals surface area contributed by atoms with Gasteiger partial charge < -0.3 is 10.4 Å². The Balaban J connectivity index is 4.52. The van der Waals surface area contributed by atoms with Gasteiger partial charge in [-0.1, -0.05) is 6.92 Å². The molecule has 0 aliphatic carbocycles. The first-order valence-electron chi connectivity index (χ1n) is 4.69. The lowest BCUT2D eigenvalue weighted by Crippen LogP contribution is -2.44. The highest BCUT2D eigenvalue weighted by Crippen LogP contribution is 2.03. The molecule has 0 saturated carbocycles. The van der Waals surface area contributed by atoms with Gasteiger partial charge in [0.25, 0.3) is 0 Å². The minimum absolute atomic E-state index is 0.249. The molecule has 3 atom stereocenters. The summed E-state index contributed by atoms with van der Waals surface area (Å²) in [5.41, 5.74) is 0. The van der Waals surface area contributed by atoms with Gasteiger partial charge in [-0.15, -0.1) is 0 Å². The van der Waals surface area contributed by atoms with Crippen LogP contribution in [0.5, 0.6) is 0 Å². The van der Waals surface area contributed by atoms with Crippen LogP contribution in [-0.4, -0.2) is 38.2 Å². The molecule has 0 spiro atoms. The Bertz CT molecular complexity index is 337. The first kappa shape index (κ1) is 14.6. The zero-order chi connectivity index (χ0) is 12.7. The summed E-state index contributed by atoms with van der Waals surface area (Å²) in [6.45, 7) is 2.88. The van der Waals surface area contributed by atoms with Crippen LogP contribution in [0.2, 0.25) is 0 Å². The zero-order valence-electron chi connectivity index (χ0n) is 9.10. The summed E-state index contributed by atoms with van der Waals surface area (Å²) in [6.07, 6.45) is 0.384. The summed E-state index contributed by atoms with van der Waals surface area (Å²) >= 11 is 0. The van der Waals surface area contributed by atoms with Crippen LogP contribution in [0.4, 0.5) is 0 Å². The number of amides is 1. The van der Waals surface area contributed by atoms with E-state index in [2.05, 4.69) is 5.32 Å². The lowest BCUT2D eigenvalue weighted by Gasteiger charge is -2.14. The van der Waals surface area contributed by atoms with Crippen LogP contribution in [0.25, 0.3) is 0 Å². The van der Waals surface area contributed by atoms with E-state index in [1.807, 2.05) is 6.07 Å². The van der Waals surface area contributed by atoms with Gasteiger partial charge in [-0.25, -0.2) is 4.79 Å². The molecule has 0 aromatic carbocycles. The fourth-order valence-electron chi connectivity index (χ4n) is 1.04. The number of nitrogens with zero attached hydrogens (tertiary/aromatic N) is 1. The Hall–Kier alpha value is -1.42. The van der Waals surface area contributed by atoms with Gasteiger partial charge in [0.2, 0.25) is 5.91 Å². The smallest absolute Gasteiger partial charge is 0.327 e. The topological polar surface area (TPSA) is 107 Å². The summed E-state index contributed by atoms with van der Waals surface area (Å²) in [5.74, 6) is -2.01. The predicted octanol–water partition coefficient (Wildman–Crippen LogP) is -0.373. The Morgan fingerprint density at radius 1 is 1.56 bits per heavy atom. The van der Waals surface area contributed by atoms with Gasteiger partial charge in [-0.05, 0) is 6.42 Å². The third-order valence-electron chi connectivity index (χ3n) is 1.84. The number of rotatable bonds is 6. The highest BCUT2D eigenvalue weighted by atomic mass is 32.2. The Morgan fingerprint density at radius 3 is 2.44 bits per heavy atom. The molecule has 2 N–H and O–H groups in total. The molecule has 0 heterocycles. The van der Waals surface area contributed by atoms with Crippen molar-refractivity contribution in [3.05, 3.63) is 0 Å². The molecule has 0 saturated heterocycles. The van der Waals surface area contributed by atoms with Gasteiger partial charge in [-0.2, -0.15) is 5.26 Å². The molecule has 0 rings (SSSR count). The van der Waals surface area contributed by atoms with Gasteiger partial charge in [0.15, 0.2) is 0 Å². The maximum absolute atomic E-state index is 11.6. The van der Waals surface area contributed by atoms with Crippen molar-refractivity contribution in [2.75, 3.05) is 5.75 Å². The van der Waals surface area contributed by atoms with Crippen LogP contribution >= 0.6 is 0 Å². The van der Waals surface area contributed by atoms with Crippen LogP contribution < -0.4 is 5.32 Å². The van der Waals surface area contributed by atoms with E-state index in [9.17, 15) is 13.8 Å². The van der Waals surface area contributed by atoms with Crippen molar-refractivity contribution in [1.29, 1.82) is 5.26 Å². The quantitative estimate of drug-likeness (QED) is 0.664. The molecule has 0 fully saturated rings. The number of nitriles is 1. The van der Waals surface area contributed by atoms with Crippen molar-refractivity contribution in [1.82, 2.24) is 5.32 Å². The Kier molecular flexibility index (Phi) is 6.34. The normalized spacial score (nSPS) is 15.6. The van der Waals surface area contributed by atoms with Crippen molar-refractivity contribution >= 4 is 22.7 Å². The lowest BCUT2D eigenvalue weighted by molar-refractivity contribution is -0.140. The van der Waals surface area contributed by atoms with E-state index in [-0.39, 0.29) is 5.75 Å². The first-order valence-corrected chi connectivity index (χ1v) is 6.07. The summed E-state index contributed by atoms with van der Waals surface area (Å²) in [5, 5.41) is 18.9. The minimum Gasteiger partial charge on any atom is -0.480 e. The minimum atomic E-state index is -1.58. The summed E-state index contributed by atoms with van der Waals surface area (Å²) in [6, 6.07) is 0.636. The molecule has 0 aromatic rings. The fraction of sp³-hybridized carbons (Fsp3) is 0.667. The van der Waals surface area contributed by atoms with Crippen molar-refractivity contribution in [2.24, 2.45) is 0 Å². The molecule has 0 bridgehead atoms. The molecule has 0 aliphatic rings. The standard InChI is InChI=1S/C9H14N2O4S/c1-3-7(4-10)16(15)5-8(9(13)14)11-6(2)12/h7-8H,3,5H2,1-2H3,(H,11,12)(H,13,14). The van der Waals surface area contributed by atoms with Crippen LogP contribution in [0.15, 0.2) is 0 Å². The van der Waals surface area contributed by atoms with Crippen LogP contribution in [0.3, 0.4) is 0 Å². The summed E-state index contributed by atoms with van der Waals surface area (Å²) in [4.78, 5) is 21.4. The SMILES string of the molecule is CCC(C#N)S(=O)CC(NC(C)=O)C(=O)O. The Morgan fingerprint density at radius 2 is 2.12 bits per heavy atom. The molecule has 6 nitrogen and oxygen atoms in total. The number of nitrogens with one attached hydrogen (secondary N) is 1. The number of aliphatic carboxylic acids is 1. The highest BCUT2D eigenvalue weighted by Gasteiger charge is 2.24. The number of hydrogen-bond acceptors (Lipinski definition) is 4. The molecular weight excluding hydrogens is 232 g/mol. The van der Waals surface area contributed by atoms with Gasteiger partial charge in [0.05, 0.1) is 11.8 Å². The van der Waals surface area contributed by atoms with E-state index in [0.29, 0.717) is 6.42 Å². The number of carbonyl (C=O) groups is 2. The largest absolute Gasteiger partial charge is 0.480 e. The average Bonchev–Trinajstić information content (AvgIpc) is 2.17. The average molecular weight is 246 g/mol. The van der Waals surface area contributed by atoms with Crippen LogP contribution in [-0.2, 0) is 20.4 Å². The third-order valence-corrected chi connectivity index (χ3v) is 3.57. The molecule has 16 heavy (non-hydrogen) atoms. The van der Waals surface area contributed by atoms with Gasteiger partial charge in [0, 0.05) is 17.7 Å². The van der Waals surface area contributed by atoms with Crippen molar-refractivity contribution < 1.29 is 18.9 Å². The Labute approximate surface area is 96.1 Å². The monoisotopic (exact) mass is 246 g/mol. The van der Waals surface area contributed by atoms with E-state index in [0.717, 1.165) is 0 Å². The zero-order valence-corrected chi connectivity index (χ0v) is 9.91. The maximum Gasteiger partial charge on any atom is 0.327 e. The molecule has 0 radical (unpaired) electrons. The van der Waals surface area contributed by atoms with Crippen molar-refractivity contribution in [3.8, 4) is 6.07 Å². The summed E-state index contributed by atoms with van der Waals surface area (Å²) < 4.78 is 11.6. The number of carboxylic acid groups (broad SMARTS) is 1. The number of hydrogen-bond donors (Lipinski definition) is 2. The second-order valence-corrected chi connectivity index (χ2v) is 4.83. The molecule has 3 unspecified atom stereocenters. The maximum atomic E-state index is 11.6. The van der Waals surface area contributed by atoms with Crippen LogP contribution in [0.1, 0.15) is 20.3 Å².